The first-order valence-corrected chi connectivity index (χ1v) is 18.4. The lowest BCUT2D eigenvalue weighted by atomic mass is 9.65. The zero-order valence-electron chi connectivity index (χ0n) is 29.9. The molecule has 0 aliphatic rings. The van der Waals surface area contributed by atoms with E-state index in [4.69, 9.17) is 0 Å². The lowest BCUT2D eigenvalue weighted by Gasteiger charge is -2.37. The van der Waals surface area contributed by atoms with Gasteiger partial charge < -0.3 is 0 Å². The largest absolute Gasteiger partial charge is 0.201 e. The number of hydrogen-bond donors (Lipinski definition) is 0. The van der Waals surface area contributed by atoms with Gasteiger partial charge in [-0.3, -0.25) is 0 Å². The Balaban J connectivity index is 1.25. The standard InChI is InChI=1S/C49H44N4/c1-5-29-50(30-6-1)37-41-13-21-45(22-14-41)49(46-23-15-42(16-24-46)38-51-31-7-2-8-32-51,47-25-17-43(18-26-47)39-52-33-9-3-10-34-52)48-27-19-44(20-28-48)40-53-35-11-4-12-36-53/h1-36H,37-40H2/q+4. The van der Waals surface area contributed by atoms with E-state index in [2.05, 4.69) is 238 Å². The Kier molecular flexibility index (Phi) is 10.0. The van der Waals surface area contributed by atoms with E-state index in [1.807, 2.05) is 0 Å². The van der Waals surface area contributed by atoms with E-state index in [0.717, 1.165) is 26.2 Å². The van der Waals surface area contributed by atoms with Crippen molar-refractivity contribution in [1.29, 1.82) is 0 Å². The smallest absolute Gasteiger partial charge is 0.173 e. The minimum absolute atomic E-state index is 0.562. The SMILES string of the molecule is c1cc[n+](Cc2ccc(C(c3ccc(C[n+]4ccccc4)cc3)(c3ccc(C[n+]4ccccc4)cc3)c3ccc(C[n+]4ccccc4)cc3)cc2)cc1. The van der Waals surface area contributed by atoms with Crippen molar-refractivity contribution in [3.05, 3.63) is 264 Å². The quantitative estimate of drug-likeness (QED) is 0.0939. The van der Waals surface area contributed by atoms with Gasteiger partial charge in [-0.25, -0.2) is 18.3 Å². The van der Waals surface area contributed by atoms with Crippen LogP contribution in [0.1, 0.15) is 44.5 Å². The molecule has 0 aliphatic heterocycles. The molecule has 0 unspecified atom stereocenters. The fourth-order valence-electron chi connectivity index (χ4n) is 7.44. The fourth-order valence-corrected chi connectivity index (χ4v) is 7.44. The van der Waals surface area contributed by atoms with Gasteiger partial charge in [0.2, 0.25) is 0 Å². The summed E-state index contributed by atoms with van der Waals surface area (Å²) >= 11 is 0. The molecule has 0 fully saturated rings. The summed E-state index contributed by atoms with van der Waals surface area (Å²) in [6.07, 6.45) is 17.0. The minimum Gasteiger partial charge on any atom is -0.201 e. The predicted octanol–water partition coefficient (Wildman–Crippen LogP) is 7.41. The van der Waals surface area contributed by atoms with Crippen LogP contribution >= 0.6 is 0 Å². The zero-order chi connectivity index (χ0) is 35.7. The maximum atomic E-state index is 2.34. The molecule has 4 heterocycles. The second-order valence-electron chi connectivity index (χ2n) is 13.7. The highest BCUT2D eigenvalue weighted by Crippen LogP contribution is 2.45. The van der Waals surface area contributed by atoms with Gasteiger partial charge in [0.25, 0.3) is 0 Å². The number of nitrogens with zero attached hydrogens (tertiary/aromatic N) is 4. The summed E-state index contributed by atoms with van der Waals surface area (Å²) in [6, 6.07) is 62.0. The van der Waals surface area contributed by atoms with Gasteiger partial charge >= 0.3 is 0 Å². The van der Waals surface area contributed by atoms with Crippen LogP contribution in [-0.2, 0) is 31.6 Å². The molecule has 4 aromatic heterocycles. The molecule has 0 atom stereocenters. The lowest BCUT2D eigenvalue weighted by molar-refractivity contribution is -0.688. The predicted molar refractivity (Wildman–Crippen MR) is 208 cm³/mol. The summed E-state index contributed by atoms with van der Waals surface area (Å²) in [5.41, 5.74) is 9.44. The van der Waals surface area contributed by atoms with Gasteiger partial charge in [0.15, 0.2) is 75.8 Å². The summed E-state index contributed by atoms with van der Waals surface area (Å²) < 4.78 is 8.88. The zero-order valence-corrected chi connectivity index (χ0v) is 29.9. The molecule has 4 aromatic carbocycles. The fraction of sp³-hybridized carbons (Fsp3) is 0.102. The van der Waals surface area contributed by atoms with Crippen molar-refractivity contribution in [2.75, 3.05) is 0 Å². The number of pyridine rings is 4. The summed E-state index contributed by atoms with van der Waals surface area (Å²) in [6.45, 7) is 3.27. The van der Waals surface area contributed by atoms with Crippen LogP contribution in [0, 0.1) is 0 Å². The van der Waals surface area contributed by atoms with Crippen LogP contribution < -0.4 is 18.3 Å². The van der Waals surface area contributed by atoms with Crippen LogP contribution in [0.2, 0.25) is 0 Å². The molecule has 8 rings (SSSR count). The Morgan fingerprint density at radius 1 is 0.245 bits per heavy atom. The molecular weight excluding hydrogens is 645 g/mol. The van der Waals surface area contributed by atoms with Gasteiger partial charge in [-0.1, -0.05) is 121 Å². The van der Waals surface area contributed by atoms with Crippen LogP contribution in [0.25, 0.3) is 0 Å². The molecule has 4 heteroatoms. The Morgan fingerprint density at radius 2 is 0.434 bits per heavy atom. The molecular formula is C49H44N4+4. The molecule has 8 aromatic rings. The molecule has 0 bridgehead atoms. The first-order valence-electron chi connectivity index (χ1n) is 18.4. The van der Waals surface area contributed by atoms with Crippen LogP contribution in [0.15, 0.2) is 219 Å². The average molecular weight is 689 g/mol. The normalized spacial score (nSPS) is 11.3. The lowest BCUT2D eigenvalue weighted by Crippen LogP contribution is -2.34. The molecule has 0 saturated heterocycles. The number of hydrogen-bond acceptors (Lipinski definition) is 0. The van der Waals surface area contributed by atoms with Crippen LogP contribution in [0.4, 0.5) is 0 Å². The summed E-state index contributed by atoms with van der Waals surface area (Å²) in [4.78, 5) is 0. The van der Waals surface area contributed by atoms with Crippen LogP contribution in [0.3, 0.4) is 0 Å². The van der Waals surface area contributed by atoms with E-state index in [1.54, 1.807) is 0 Å². The Bertz CT molecular complexity index is 1980. The van der Waals surface area contributed by atoms with Crippen molar-refractivity contribution in [2.45, 2.75) is 31.6 Å². The molecule has 0 amide bonds. The first-order chi connectivity index (χ1) is 26.2. The third-order valence-electron chi connectivity index (χ3n) is 10.1. The minimum atomic E-state index is -0.562. The highest BCUT2D eigenvalue weighted by Gasteiger charge is 2.38. The third kappa shape index (κ3) is 7.73. The van der Waals surface area contributed by atoms with Crippen molar-refractivity contribution in [2.24, 2.45) is 0 Å². The molecule has 0 aliphatic carbocycles. The molecule has 0 radical (unpaired) electrons. The van der Waals surface area contributed by atoms with Gasteiger partial charge in [-0.15, -0.1) is 0 Å². The maximum absolute atomic E-state index is 2.34. The number of rotatable bonds is 12. The van der Waals surface area contributed by atoms with E-state index in [9.17, 15) is 0 Å². The van der Waals surface area contributed by atoms with Crippen molar-refractivity contribution >= 4 is 0 Å². The average Bonchev–Trinajstić information content (AvgIpc) is 3.22. The number of aromatic nitrogens is 4. The molecule has 0 saturated carbocycles. The summed E-state index contributed by atoms with van der Waals surface area (Å²) in [7, 11) is 0. The van der Waals surface area contributed by atoms with Crippen molar-refractivity contribution < 1.29 is 18.3 Å². The van der Waals surface area contributed by atoms with E-state index in [0.29, 0.717) is 0 Å². The highest BCUT2D eigenvalue weighted by atomic mass is 14.9. The van der Waals surface area contributed by atoms with E-state index in [1.165, 1.54) is 44.5 Å². The summed E-state index contributed by atoms with van der Waals surface area (Å²) in [5, 5.41) is 0. The molecule has 0 N–H and O–H groups in total. The number of benzene rings is 4. The van der Waals surface area contributed by atoms with Gasteiger partial charge in [-0.05, 0) is 22.3 Å². The molecule has 53 heavy (non-hydrogen) atoms. The maximum Gasteiger partial charge on any atom is 0.173 e. The van der Waals surface area contributed by atoms with Crippen LogP contribution in [0.5, 0.6) is 0 Å². The van der Waals surface area contributed by atoms with E-state index >= 15 is 0 Å². The molecule has 0 spiro atoms. The van der Waals surface area contributed by atoms with Gasteiger partial charge in [0, 0.05) is 70.8 Å². The van der Waals surface area contributed by atoms with Crippen LogP contribution in [-0.4, -0.2) is 0 Å². The molecule has 4 nitrogen and oxygen atoms in total. The topological polar surface area (TPSA) is 15.5 Å². The second-order valence-corrected chi connectivity index (χ2v) is 13.7. The highest BCUT2D eigenvalue weighted by molar-refractivity contribution is 5.60. The van der Waals surface area contributed by atoms with Gasteiger partial charge in [0.05, 0.1) is 5.41 Å². The Hall–Kier alpha value is -6.52. The van der Waals surface area contributed by atoms with Crippen molar-refractivity contribution in [3.63, 3.8) is 0 Å². The van der Waals surface area contributed by atoms with E-state index < -0.39 is 5.41 Å². The van der Waals surface area contributed by atoms with Gasteiger partial charge in [0.1, 0.15) is 0 Å². The Labute approximate surface area is 312 Å². The van der Waals surface area contributed by atoms with E-state index in [-0.39, 0.29) is 0 Å². The van der Waals surface area contributed by atoms with Crippen molar-refractivity contribution in [1.82, 2.24) is 0 Å². The van der Waals surface area contributed by atoms with Crippen molar-refractivity contribution in [3.8, 4) is 0 Å². The van der Waals surface area contributed by atoms with Gasteiger partial charge in [-0.2, -0.15) is 0 Å². The first kappa shape index (κ1) is 33.6. The second kappa shape index (κ2) is 15.8. The molecule has 256 valence electrons. The third-order valence-corrected chi connectivity index (χ3v) is 10.1. The monoisotopic (exact) mass is 688 g/mol. The Morgan fingerprint density at radius 3 is 0.623 bits per heavy atom. The summed E-state index contributed by atoms with van der Waals surface area (Å²) in [5.74, 6) is 0.